The lowest BCUT2D eigenvalue weighted by atomic mass is 9.71. The largest absolute Gasteiger partial charge is 0.448 e. The molecule has 2 aromatic carbocycles. The minimum absolute atomic E-state index is 0.262. The van der Waals surface area contributed by atoms with Gasteiger partial charge in [0, 0.05) is 25.7 Å². The lowest BCUT2D eigenvalue weighted by molar-refractivity contribution is -0.874. The van der Waals surface area contributed by atoms with E-state index in [2.05, 4.69) is 44.7 Å². The molecule has 2 aliphatic rings. The number of ether oxygens (including phenoxy) is 1. The summed E-state index contributed by atoms with van der Waals surface area (Å²) in [5.41, 5.74) is 3.28. The summed E-state index contributed by atoms with van der Waals surface area (Å²) in [7, 11) is 6.78. The van der Waals surface area contributed by atoms with Gasteiger partial charge in [-0.15, -0.1) is 11.3 Å². The SMILES string of the molecule is CC(=O)OC1(C(=O)NCc2nc3ccc(C4CC(C[N+](C)(C)C)C4)cc3s2)Cc2ccccc2C1. The number of carbonyl (C=O) groups is 2. The second kappa shape index (κ2) is 9.03. The zero-order valence-corrected chi connectivity index (χ0v) is 21.8. The van der Waals surface area contributed by atoms with E-state index in [-0.39, 0.29) is 5.91 Å². The molecule has 0 unspecified atom stereocenters. The maximum absolute atomic E-state index is 13.3. The zero-order chi connectivity index (χ0) is 24.8. The number of hydrogen-bond acceptors (Lipinski definition) is 5. The van der Waals surface area contributed by atoms with Crippen molar-refractivity contribution in [3.05, 3.63) is 64.2 Å². The fourth-order valence-corrected chi connectivity index (χ4v) is 6.66. The van der Waals surface area contributed by atoms with Gasteiger partial charge in [-0.2, -0.15) is 0 Å². The third-order valence-corrected chi connectivity index (χ3v) is 8.21. The molecule has 1 heterocycles. The molecule has 5 rings (SSSR count). The van der Waals surface area contributed by atoms with E-state index in [1.165, 1.54) is 31.9 Å². The van der Waals surface area contributed by atoms with Crippen LogP contribution >= 0.6 is 11.3 Å². The highest BCUT2D eigenvalue weighted by Crippen LogP contribution is 2.43. The van der Waals surface area contributed by atoms with Crippen molar-refractivity contribution in [3.8, 4) is 0 Å². The third-order valence-electron chi connectivity index (χ3n) is 7.19. The minimum Gasteiger partial charge on any atom is -0.448 e. The maximum Gasteiger partial charge on any atom is 0.303 e. The molecule has 1 aromatic heterocycles. The molecule has 0 spiro atoms. The molecular weight excluding hydrogens is 458 g/mol. The summed E-state index contributed by atoms with van der Waals surface area (Å²) in [6, 6.07) is 14.5. The van der Waals surface area contributed by atoms with Gasteiger partial charge in [0.05, 0.1) is 44.4 Å². The Morgan fingerprint density at radius 1 is 1.11 bits per heavy atom. The first-order valence-corrected chi connectivity index (χ1v) is 13.2. The van der Waals surface area contributed by atoms with Gasteiger partial charge in [-0.05, 0) is 47.6 Å². The van der Waals surface area contributed by atoms with Crippen LogP contribution in [0, 0.1) is 5.92 Å². The van der Waals surface area contributed by atoms with Crippen LogP contribution in [0.15, 0.2) is 42.5 Å². The first-order valence-electron chi connectivity index (χ1n) is 12.3. The molecule has 1 saturated carbocycles. The van der Waals surface area contributed by atoms with Crippen molar-refractivity contribution >= 4 is 33.4 Å². The number of thiazole rings is 1. The van der Waals surface area contributed by atoms with Gasteiger partial charge in [-0.1, -0.05) is 30.3 Å². The number of rotatable bonds is 7. The Morgan fingerprint density at radius 3 is 2.43 bits per heavy atom. The molecule has 35 heavy (non-hydrogen) atoms. The van der Waals surface area contributed by atoms with Crippen molar-refractivity contribution in [1.82, 2.24) is 10.3 Å². The van der Waals surface area contributed by atoms with Crippen LogP contribution in [0.5, 0.6) is 0 Å². The van der Waals surface area contributed by atoms with Gasteiger partial charge in [-0.3, -0.25) is 9.59 Å². The van der Waals surface area contributed by atoms with E-state index in [1.54, 1.807) is 11.3 Å². The summed E-state index contributed by atoms with van der Waals surface area (Å²) in [6.07, 6.45) is 3.30. The van der Waals surface area contributed by atoms with Crippen LogP contribution in [0.25, 0.3) is 10.2 Å². The number of hydrogen-bond donors (Lipinski definition) is 1. The molecule has 0 atom stereocenters. The summed E-state index contributed by atoms with van der Waals surface area (Å²) in [4.78, 5) is 29.8. The van der Waals surface area contributed by atoms with Crippen LogP contribution in [0.3, 0.4) is 0 Å². The molecular formula is C28H34N3O3S+. The molecule has 184 valence electrons. The molecule has 0 saturated heterocycles. The number of benzene rings is 2. The quantitative estimate of drug-likeness (QED) is 0.396. The minimum atomic E-state index is -1.19. The number of carbonyl (C=O) groups excluding carboxylic acids is 2. The van der Waals surface area contributed by atoms with Gasteiger partial charge < -0.3 is 14.5 Å². The number of nitrogens with one attached hydrogen (secondary N) is 1. The van der Waals surface area contributed by atoms with Crippen molar-refractivity contribution in [3.63, 3.8) is 0 Å². The highest BCUT2D eigenvalue weighted by atomic mass is 32.1. The summed E-state index contributed by atoms with van der Waals surface area (Å²) in [5, 5.41) is 3.86. The van der Waals surface area contributed by atoms with Crippen molar-refractivity contribution in [2.24, 2.45) is 5.92 Å². The lowest BCUT2D eigenvalue weighted by Crippen LogP contribution is -2.50. The lowest BCUT2D eigenvalue weighted by Gasteiger charge is -2.39. The first kappa shape index (κ1) is 23.9. The van der Waals surface area contributed by atoms with Crippen molar-refractivity contribution in [2.75, 3.05) is 27.7 Å². The Bertz CT molecular complexity index is 1240. The predicted octanol–water partition coefficient (Wildman–Crippen LogP) is 4.21. The van der Waals surface area contributed by atoms with Gasteiger partial charge in [-0.25, -0.2) is 4.98 Å². The number of nitrogens with zero attached hydrogens (tertiary/aromatic N) is 2. The van der Waals surface area contributed by atoms with Crippen LogP contribution in [-0.2, 0) is 33.7 Å². The number of aromatic nitrogens is 1. The van der Waals surface area contributed by atoms with Gasteiger partial charge >= 0.3 is 5.97 Å². The normalized spacial score (nSPS) is 20.8. The molecule has 7 heteroatoms. The van der Waals surface area contributed by atoms with Crippen LogP contribution in [0.2, 0.25) is 0 Å². The first-order chi connectivity index (χ1) is 16.6. The van der Waals surface area contributed by atoms with E-state index < -0.39 is 11.6 Å². The van der Waals surface area contributed by atoms with Crippen molar-refractivity contribution in [2.45, 2.75) is 50.7 Å². The van der Waals surface area contributed by atoms with Crippen LogP contribution in [0.1, 0.15) is 47.4 Å². The molecule has 2 aliphatic carbocycles. The molecule has 0 radical (unpaired) electrons. The maximum atomic E-state index is 13.3. The predicted molar refractivity (Wildman–Crippen MR) is 138 cm³/mol. The van der Waals surface area contributed by atoms with Gasteiger partial charge in [0.1, 0.15) is 5.01 Å². The van der Waals surface area contributed by atoms with Gasteiger partial charge in [0.15, 0.2) is 5.60 Å². The van der Waals surface area contributed by atoms with Crippen LogP contribution in [0.4, 0.5) is 0 Å². The van der Waals surface area contributed by atoms with Crippen molar-refractivity contribution in [1.29, 1.82) is 0 Å². The molecule has 3 aromatic rings. The van der Waals surface area contributed by atoms with E-state index in [4.69, 9.17) is 9.72 Å². The van der Waals surface area contributed by atoms with E-state index in [1.807, 2.05) is 24.3 Å². The summed E-state index contributed by atoms with van der Waals surface area (Å²) >= 11 is 1.62. The number of esters is 1. The molecule has 0 aliphatic heterocycles. The van der Waals surface area contributed by atoms with E-state index >= 15 is 0 Å². The summed E-state index contributed by atoms with van der Waals surface area (Å²) in [6.45, 7) is 2.90. The molecule has 0 bridgehead atoms. The average Bonchev–Trinajstić information content (AvgIpc) is 3.33. The molecule has 1 amide bonds. The fraction of sp³-hybridized carbons (Fsp3) is 0.464. The smallest absolute Gasteiger partial charge is 0.303 e. The number of amides is 1. The van der Waals surface area contributed by atoms with Crippen LogP contribution < -0.4 is 5.32 Å². The standard InChI is InChI=1S/C28H33N3O3S/c1-18(32)34-28(14-21-7-5-6-8-22(21)15-28)27(33)29-16-26-30-24-10-9-20(13-25(24)35-26)23-11-19(12-23)17-31(2,3)4/h5-10,13,19,23H,11-12,14-17H2,1-4H3/p+1. The Kier molecular flexibility index (Phi) is 6.18. The number of fused-ring (bicyclic) bond motifs is 2. The summed E-state index contributed by atoms with van der Waals surface area (Å²) in [5.74, 6) is 0.727. The van der Waals surface area contributed by atoms with Gasteiger partial charge in [0.2, 0.25) is 0 Å². The average molecular weight is 493 g/mol. The highest BCUT2D eigenvalue weighted by molar-refractivity contribution is 7.18. The second-order valence-electron chi connectivity index (χ2n) is 11.2. The molecule has 1 N–H and O–H groups in total. The van der Waals surface area contributed by atoms with Gasteiger partial charge in [0.25, 0.3) is 5.91 Å². The zero-order valence-electron chi connectivity index (χ0n) is 21.0. The molecule has 1 fully saturated rings. The third kappa shape index (κ3) is 5.11. The van der Waals surface area contributed by atoms with Crippen LogP contribution in [-0.4, -0.2) is 54.6 Å². The Morgan fingerprint density at radius 2 is 1.80 bits per heavy atom. The monoisotopic (exact) mass is 492 g/mol. The number of quaternary nitrogens is 1. The second-order valence-corrected chi connectivity index (χ2v) is 12.4. The molecule has 6 nitrogen and oxygen atoms in total. The Labute approximate surface area is 210 Å². The Balaban J connectivity index is 1.24. The van der Waals surface area contributed by atoms with E-state index in [0.29, 0.717) is 25.3 Å². The fourth-order valence-electron chi connectivity index (χ4n) is 5.70. The summed E-state index contributed by atoms with van der Waals surface area (Å²) < 4.78 is 7.80. The highest BCUT2D eigenvalue weighted by Gasteiger charge is 2.47. The van der Waals surface area contributed by atoms with E-state index in [0.717, 1.165) is 36.8 Å². The Hall–Kier alpha value is -2.77. The topological polar surface area (TPSA) is 68.3 Å². The van der Waals surface area contributed by atoms with Crippen molar-refractivity contribution < 1.29 is 18.8 Å². The van der Waals surface area contributed by atoms with E-state index in [9.17, 15) is 9.59 Å².